The van der Waals surface area contributed by atoms with Crippen LogP contribution in [0.4, 0.5) is 10.6 Å². The van der Waals surface area contributed by atoms with Crippen LogP contribution < -0.4 is 5.32 Å². The summed E-state index contributed by atoms with van der Waals surface area (Å²) >= 11 is 5.96. The van der Waals surface area contributed by atoms with Crippen LogP contribution in [0.2, 0.25) is 5.28 Å². The van der Waals surface area contributed by atoms with Crippen molar-refractivity contribution in [2.45, 2.75) is 45.3 Å². The highest BCUT2D eigenvalue weighted by Gasteiger charge is 2.28. The van der Waals surface area contributed by atoms with Gasteiger partial charge >= 0.3 is 6.09 Å². The molecule has 2 N–H and O–H groups in total. The minimum atomic E-state index is -0.499. The minimum absolute atomic E-state index is 0.0651. The summed E-state index contributed by atoms with van der Waals surface area (Å²) in [4.78, 5) is 22.3. The number of nitrogens with zero attached hydrogens (tertiary/aromatic N) is 4. The van der Waals surface area contributed by atoms with Gasteiger partial charge in [-0.25, -0.2) is 4.79 Å². The molecule has 0 radical (unpaired) electrons. The number of fused-ring (bicyclic) bond motifs is 1. The molecule has 0 spiro atoms. The van der Waals surface area contributed by atoms with Gasteiger partial charge in [-0.1, -0.05) is 0 Å². The zero-order valence-electron chi connectivity index (χ0n) is 14.0. The number of piperidine rings is 1. The molecule has 130 valence electrons. The highest BCUT2D eigenvalue weighted by molar-refractivity contribution is 6.28. The Morgan fingerprint density at radius 1 is 1.46 bits per heavy atom. The van der Waals surface area contributed by atoms with Crippen molar-refractivity contribution in [3.05, 3.63) is 11.5 Å². The number of hydrogen-bond donors (Lipinski definition) is 2. The van der Waals surface area contributed by atoms with E-state index in [1.165, 1.54) is 0 Å². The van der Waals surface area contributed by atoms with E-state index in [-0.39, 0.29) is 17.4 Å². The van der Waals surface area contributed by atoms with Crippen molar-refractivity contribution in [2.75, 3.05) is 18.4 Å². The fourth-order valence-electron chi connectivity index (χ4n) is 2.70. The summed E-state index contributed by atoms with van der Waals surface area (Å²) in [7, 11) is 0. The number of H-pyrrole nitrogens is 1. The molecule has 1 fully saturated rings. The predicted molar refractivity (Wildman–Crippen MR) is 91.1 cm³/mol. The van der Waals surface area contributed by atoms with Crippen LogP contribution in [0.1, 0.15) is 33.6 Å². The topological polar surface area (TPSA) is 96.0 Å². The van der Waals surface area contributed by atoms with Crippen molar-refractivity contribution in [1.29, 1.82) is 0 Å². The number of amides is 1. The van der Waals surface area contributed by atoms with Crippen molar-refractivity contribution >= 4 is 34.5 Å². The lowest BCUT2D eigenvalue weighted by Gasteiger charge is -2.34. The molecule has 0 aromatic carbocycles. The summed E-state index contributed by atoms with van der Waals surface area (Å²) in [5.41, 5.74) is 0.0814. The average molecular weight is 353 g/mol. The lowest BCUT2D eigenvalue weighted by molar-refractivity contribution is 0.0206. The zero-order valence-corrected chi connectivity index (χ0v) is 14.7. The van der Waals surface area contributed by atoms with Gasteiger partial charge in [0.15, 0.2) is 5.65 Å². The molecule has 8 nitrogen and oxygen atoms in total. The molecule has 24 heavy (non-hydrogen) atoms. The molecule has 1 aliphatic rings. The van der Waals surface area contributed by atoms with Crippen molar-refractivity contribution in [3.63, 3.8) is 0 Å². The van der Waals surface area contributed by atoms with E-state index in [0.717, 1.165) is 18.2 Å². The van der Waals surface area contributed by atoms with Crippen molar-refractivity contribution in [1.82, 2.24) is 25.1 Å². The molecular weight excluding hydrogens is 332 g/mol. The Morgan fingerprint density at radius 2 is 2.25 bits per heavy atom. The lowest BCUT2D eigenvalue weighted by Crippen LogP contribution is -2.47. The van der Waals surface area contributed by atoms with Gasteiger partial charge in [0.25, 0.3) is 0 Å². The summed E-state index contributed by atoms with van der Waals surface area (Å²) in [5.74, 6) is 0.620. The SMILES string of the molecule is CC(C)(C)OC(=O)N1CCC[C@@H](Nc2nc(Cl)nc3[nH]ncc23)C1. The molecule has 0 aliphatic carbocycles. The number of hydrogen-bond acceptors (Lipinski definition) is 6. The number of halogens is 1. The normalized spacial score (nSPS) is 18.7. The van der Waals surface area contributed by atoms with Crippen molar-refractivity contribution in [3.8, 4) is 0 Å². The molecule has 3 rings (SSSR count). The molecule has 9 heteroatoms. The highest BCUT2D eigenvalue weighted by Crippen LogP contribution is 2.23. The van der Waals surface area contributed by atoms with Gasteiger partial charge in [-0.3, -0.25) is 5.10 Å². The summed E-state index contributed by atoms with van der Waals surface area (Å²) < 4.78 is 5.45. The summed E-state index contributed by atoms with van der Waals surface area (Å²) in [6, 6.07) is 0.0651. The van der Waals surface area contributed by atoms with E-state index in [9.17, 15) is 4.79 Å². The Bertz CT molecular complexity index is 741. The van der Waals surface area contributed by atoms with Crippen LogP contribution in [0.5, 0.6) is 0 Å². The molecule has 1 amide bonds. The van der Waals surface area contributed by atoms with Gasteiger partial charge in [0.2, 0.25) is 5.28 Å². The molecule has 0 saturated carbocycles. The summed E-state index contributed by atoms with van der Waals surface area (Å²) in [5, 5.41) is 11.0. The second kappa shape index (κ2) is 6.43. The fourth-order valence-corrected chi connectivity index (χ4v) is 2.87. The first kappa shape index (κ1) is 16.8. The van der Waals surface area contributed by atoms with Crippen LogP contribution in [0.25, 0.3) is 11.0 Å². The number of aromatic amines is 1. The van der Waals surface area contributed by atoms with Gasteiger partial charge in [-0.2, -0.15) is 15.1 Å². The van der Waals surface area contributed by atoms with E-state index >= 15 is 0 Å². The van der Waals surface area contributed by atoms with Crippen molar-refractivity contribution in [2.24, 2.45) is 0 Å². The Hall–Kier alpha value is -2.09. The first-order valence-corrected chi connectivity index (χ1v) is 8.31. The third kappa shape index (κ3) is 3.87. The lowest BCUT2D eigenvalue weighted by atomic mass is 10.1. The van der Waals surface area contributed by atoms with Gasteiger partial charge in [0.05, 0.1) is 11.6 Å². The number of ether oxygens (including phenoxy) is 1. The fraction of sp³-hybridized carbons (Fsp3) is 0.600. The van der Waals surface area contributed by atoms with Gasteiger partial charge in [-0.05, 0) is 45.2 Å². The standard InChI is InChI=1S/C15H21ClN6O2/c1-15(2,3)24-14(23)22-6-4-5-9(8-22)18-11-10-7-17-21-12(10)20-13(16)19-11/h7,9H,4-6,8H2,1-3H3,(H2,17,18,19,20,21)/t9-/m1/s1. The van der Waals surface area contributed by atoms with Crippen LogP contribution in [0.15, 0.2) is 6.20 Å². The van der Waals surface area contributed by atoms with Crippen molar-refractivity contribution < 1.29 is 9.53 Å². The van der Waals surface area contributed by atoms with E-state index in [1.807, 2.05) is 20.8 Å². The van der Waals surface area contributed by atoms with Crippen LogP contribution in [0.3, 0.4) is 0 Å². The maximum Gasteiger partial charge on any atom is 0.410 e. The Kier molecular flexibility index (Phi) is 4.49. The number of aromatic nitrogens is 4. The summed E-state index contributed by atoms with van der Waals surface area (Å²) in [6.45, 7) is 6.84. The Balaban J connectivity index is 1.71. The predicted octanol–water partition coefficient (Wildman–Crippen LogP) is 2.82. The number of anilines is 1. The quantitative estimate of drug-likeness (QED) is 0.807. The second-order valence-corrected chi connectivity index (χ2v) is 7.22. The van der Waals surface area contributed by atoms with Gasteiger partial charge in [0.1, 0.15) is 11.4 Å². The molecule has 0 unspecified atom stereocenters. The maximum atomic E-state index is 12.3. The number of carbonyl (C=O) groups is 1. The van der Waals surface area contributed by atoms with E-state index in [1.54, 1.807) is 11.1 Å². The summed E-state index contributed by atoms with van der Waals surface area (Å²) in [6.07, 6.45) is 3.19. The zero-order chi connectivity index (χ0) is 17.3. The third-order valence-electron chi connectivity index (χ3n) is 3.70. The van der Waals surface area contributed by atoms with E-state index in [2.05, 4.69) is 25.5 Å². The van der Waals surface area contributed by atoms with Crippen LogP contribution in [-0.4, -0.2) is 55.9 Å². The van der Waals surface area contributed by atoms with E-state index in [4.69, 9.17) is 16.3 Å². The number of rotatable bonds is 2. The highest BCUT2D eigenvalue weighted by atomic mass is 35.5. The van der Waals surface area contributed by atoms with Gasteiger partial charge in [-0.15, -0.1) is 0 Å². The monoisotopic (exact) mass is 352 g/mol. The van der Waals surface area contributed by atoms with E-state index < -0.39 is 5.60 Å². The number of carbonyl (C=O) groups excluding carboxylic acids is 1. The van der Waals surface area contributed by atoms with E-state index in [0.29, 0.717) is 24.6 Å². The molecule has 2 aromatic rings. The first-order chi connectivity index (χ1) is 11.3. The Labute approximate surface area is 144 Å². The average Bonchev–Trinajstić information content (AvgIpc) is 2.94. The first-order valence-electron chi connectivity index (χ1n) is 7.93. The van der Waals surface area contributed by atoms with Gasteiger partial charge < -0.3 is 15.0 Å². The molecule has 1 atom stereocenters. The minimum Gasteiger partial charge on any atom is -0.444 e. The molecule has 3 heterocycles. The maximum absolute atomic E-state index is 12.3. The molecule has 2 aromatic heterocycles. The van der Waals surface area contributed by atoms with Crippen LogP contribution >= 0.6 is 11.6 Å². The van der Waals surface area contributed by atoms with Crippen LogP contribution in [-0.2, 0) is 4.74 Å². The number of nitrogens with one attached hydrogen (secondary N) is 2. The molecule has 1 aliphatic heterocycles. The smallest absolute Gasteiger partial charge is 0.410 e. The third-order valence-corrected chi connectivity index (χ3v) is 3.87. The molecule has 1 saturated heterocycles. The largest absolute Gasteiger partial charge is 0.444 e. The molecule has 0 bridgehead atoms. The van der Waals surface area contributed by atoms with Gasteiger partial charge in [0, 0.05) is 19.1 Å². The number of likely N-dealkylation sites (tertiary alicyclic amines) is 1. The second-order valence-electron chi connectivity index (χ2n) is 6.88. The Morgan fingerprint density at radius 3 is 3.00 bits per heavy atom. The molecular formula is C15H21ClN6O2. The van der Waals surface area contributed by atoms with Crippen LogP contribution in [0, 0.1) is 0 Å².